The van der Waals surface area contributed by atoms with Crippen molar-refractivity contribution in [3.63, 3.8) is 0 Å². The maximum atomic E-state index is 12.7. The van der Waals surface area contributed by atoms with Crippen molar-refractivity contribution in [2.45, 2.75) is 17.5 Å². The van der Waals surface area contributed by atoms with E-state index in [1.54, 1.807) is 5.41 Å². The first-order valence-electron chi connectivity index (χ1n) is 8.63. The van der Waals surface area contributed by atoms with Gasteiger partial charge in [-0.25, -0.2) is 9.78 Å². The Balaban J connectivity index is 1.74. The first kappa shape index (κ1) is 23.1. The molecule has 15 heteroatoms. The second-order valence-electron chi connectivity index (χ2n) is 6.25. The zero-order valence-corrected chi connectivity index (χ0v) is 18.1. The summed E-state index contributed by atoms with van der Waals surface area (Å²) in [4.78, 5) is 42.4. The maximum Gasteiger partial charge on any atom is 0.353 e. The molecular formula is C16H18N6O6S3. The van der Waals surface area contributed by atoms with Gasteiger partial charge < -0.3 is 32.2 Å². The normalized spacial score (nSPS) is 22.3. The molecule has 8 N–H and O–H groups in total. The van der Waals surface area contributed by atoms with Crippen LogP contribution < -0.4 is 16.8 Å². The molecule has 0 aliphatic carbocycles. The number of thioether (sulfide) groups is 2. The Morgan fingerprint density at radius 2 is 2.26 bits per heavy atom. The van der Waals surface area contributed by atoms with Crippen molar-refractivity contribution in [1.82, 2.24) is 15.2 Å². The first-order chi connectivity index (χ1) is 14.8. The molecule has 1 aromatic heterocycles. The minimum atomic E-state index is -1.28. The van der Waals surface area contributed by atoms with Crippen molar-refractivity contribution in [2.24, 2.45) is 10.9 Å². The van der Waals surface area contributed by atoms with Gasteiger partial charge in [0.2, 0.25) is 0 Å². The molecular weight excluding hydrogens is 468 g/mol. The summed E-state index contributed by atoms with van der Waals surface area (Å²) < 4.78 is 0. The number of aromatic nitrogens is 1. The third-order valence-electron chi connectivity index (χ3n) is 4.25. The van der Waals surface area contributed by atoms with Crippen LogP contribution in [0.15, 0.2) is 32.6 Å². The van der Waals surface area contributed by atoms with E-state index in [4.69, 9.17) is 16.6 Å². The number of rotatable bonds is 8. The van der Waals surface area contributed by atoms with E-state index < -0.39 is 41.0 Å². The highest BCUT2D eigenvalue weighted by Gasteiger charge is 2.54. The number of thiazole rings is 1. The van der Waals surface area contributed by atoms with Crippen molar-refractivity contribution in [3.8, 4) is 0 Å². The van der Waals surface area contributed by atoms with Gasteiger partial charge in [-0.2, -0.15) is 0 Å². The lowest BCUT2D eigenvalue weighted by molar-refractivity contribution is -0.150. The third kappa shape index (κ3) is 4.69. The quantitative estimate of drug-likeness (QED) is 0.116. The fourth-order valence-electron chi connectivity index (χ4n) is 2.78. The second kappa shape index (κ2) is 9.69. The molecule has 2 aliphatic rings. The summed E-state index contributed by atoms with van der Waals surface area (Å²) in [5, 5.41) is 35.7. The number of amides is 2. The fraction of sp³-hybridized carbons (Fsp3) is 0.312. The molecule has 1 unspecified atom stereocenters. The van der Waals surface area contributed by atoms with Crippen LogP contribution in [0.5, 0.6) is 0 Å². The highest BCUT2D eigenvalue weighted by atomic mass is 32.2. The minimum absolute atomic E-state index is 0.0557. The average Bonchev–Trinajstić information content (AvgIpc) is 3.17. The van der Waals surface area contributed by atoms with E-state index in [9.17, 15) is 24.7 Å². The number of carbonyl (C=O) groups excluding carboxylic acids is 2. The van der Waals surface area contributed by atoms with Crippen LogP contribution in [0, 0.1) is 0 Å². The second-order valence-corrected chi connectivity index (χ2v) is 9.25. The molecule has 2 aliphatic heterocycles. The van der Waals surface area contributed by atoms with Gasteiger partial charge in [0.25, 0.3) is 11.8 Å². The number of aliphatic carboxylic acids is 1. The zero-order chi connectivity index (χ0) is 22.7. The number of fused-ring (bicyclic) bond motifs is 1. The van der Waals surface area contributed by atoms with Gasteiger partial charge in [-0.15, -0.1) is 23.1 Å². The number of nitrogens with zero attached hydrogens (tertiary/aromatic N) is 3. The van der Waals surface area contributed by atoms with E-state index in [0.29, 0.717) is 4.91 Å². The van der Waals surface area contributed by atoms with Gasteiger partial charge in [0.15, 0.2) is 10.8 Å². The Hall–Kier alpha value is -2.59. The highest BCUT2D eigenvalue weighted by molar-refractivity contribution is 8.08. The molecule has 0 radical (unpaired) electrons. The largest absolute Gasteiger partial charge is 0.477 e. The molecule has 12 nitrogen and oxygen atoms in total. The highest BCUT2D eigenvalue weighted by Crippen LogP contribution is 2.43. The number of anilines is 1. The van der Waals surface area contributed by atoms with E-state index in [-0.39, 0.29) is 28.9 Å². The molecule has 166 valence electrons. The van der Waals surface area contributed by atoms with E-state index in [2.05, 4.69) is 15.5 Å². The molecule has 2 amide bonds. The summed E-state index contributed by atoms with van der Waals surface area (Å²) in [7, 11) is 0. The summed E-state index contributed by atoms with van der Waals surface area (Å²) in [5.74, 6) is -2.43. The van der Waals surface area contributed by atoms with E-state index in [1.807, 2.05) is 0 Å². The predicted octanol–water partition coefficient (Wildman–Crippen LogP) is -0.834. The van der Waals surface area contributed by atoms with Crippen LogP contribution in [0.3, 0.4) is 0 Å². The first-order valence-corrected chi connectivity index (χ1v) is 11.4. The van der Waals surface area contributed by atoms with Crippen LogP contribution in [0.1, 0.15) is 5.69 Å². The summed E-state index contributed by atoms with van der Waals surface area (Å²) in [6.45, 7) is -0.253. The van der Waals surface area contributed by atoms with Crippen molar-refractivity contribution in [3.05, 3.63) is 33.2 Å². The van der Waals surface area contributed by atoms with Crippen LogP contribution in [0.2, 0.25) is 0 Å². The molecule has 0 bridgehead atoms. The standard InChI is InChI=1S/C16H18N6O6S3/c17-6(3-23)1-2-29-8-5-30-14-10(13(25)22(14)11(8)15(26)27)20-12(24)9(21-28)7-4-31-16(18)19-7/h1-2,4,6,10,14,23,28H,3,5,17H2,(H2,18,19)(H,20,24)(H,26,27)/b2-1+,21-9-/t6-,10?,14-/m1/s1. The maximum absolute atomic E-state index is 12.7. The van der Waals surface area contributed by atoms with Gasteiger partial charge >= 0.3 is 5.97 Å². The van der Waals surface area contributed by atoms with E-state index in [1.165, 1.54) is 23.2 Å². The molecule has 0 spiro atoms. The SMILES string of the molecule is Nc1nc(/C(=N/O)C(=O)NC2C(=O)N3C(C(=O)O)=C(S/C=C/[C@@H](N)CO)CS[C@H]23)cs1. The number of hydrogen-bond acceptors (Lipinski definition) is 12. The number of carboxylic acids is 1. The molecule has 1 aromatic rings. The van der Waals surface area contributed by atoms with Crippen LogP contribution in [-0.2, 0) is 14.4 Å². The van der Waals surface area contributed by atoms with Gasteiger partial charge in [-0.3, -0.25) is 14.5 Å². The van der Waals surface area contributed by atoms with Crippen molar-refractivity contribution in [2.75, 3.05) is 18.1 Å². The molecule has 3 heterocycles. The van der Waals surface area contributed by atoms with Crippen molar-refractivity contribution >= 4 is 63.5 Å². The van der Waals surface area contributed by atoms with E-state index >= 15 is 0 Å². The summed E-state index contributed by atoms with van der Waals surface area (Å²) in [5.41, 5.74) is 10.6. The molecule has 1 saturated heterocycles. The van der Waals surface area contributed by atoms with Crippen molar-refractivity contribution in [1.29, 1.82) is 0 Å². The Labute approximate surface area is 188 Å². The molecule has 31 heavy (non-hydrogen) atoms. The third-order valence-corrected chi connectivity index (χ3v) is 7.30. The zero-order valence-electron chi connectivity index (χ0n) is 15.7. The number of nitrogens with one attached hydrogen (secondary N) is 1. The Kier molecular flexibility index (Phi) is 7.22. The fourth-order valence-corrected chi connectivity index (χ4v) is 5.74. The number of nitrogens with two attached hydrogens (primary N) is 2. The van der Waals surface area contributed by atoms with Gasteiger partial charge in [0.1, 0.15) is 22.8 Å². The number of hydrogen-bond donors (Lipinski definition) is 6. The lowest BCUT2D eigenvalue weighted by Gasteiger charge is -2.49. The summed E-state index contributed by atoms with van der Waals surface area (Å²) in [6.07, 6.45) is 1.52. The number of oxime groups is 1. The predicted molar refractivity (Wildman–Crippen MR) is 116 cm³/mol. The Morgan fingerprint density at radius 3 is 2.84 bits per heavy atom. The van der Waals surface area contributed by atoms with Crippen LogP contribution in [-0.4, -0.2) is 78.6 Å². The number of aliphatic hydroxyl groups is 1. The van der Waals surface area contributed by atoms with Crippen LogP contribution in [0.25, 0.3) is 0 Å². The lowest BCUT2D eigenvalue weighted by atomic mass is 10.0. The smallest absolute Gasteiger partial charge is 0.353 e. The van der Waals surface area contributed by atoms with Crippen molar-refractivity contribution < 1.29 is 29.8 Å². The molecule has 1 fully saturated rings. The number of β-lactam (4-membered cyclic amide) rings is 1. The number of aliphatic hydroxyl groups excluding tert-OH is 1. The molecule has 0 saturated carbocycles. The monoisotopic (exact) mass is 486 g/mol. The van der Waals surface area contributed by atoms with Crippen LogP contribution in [0.4, 0.5) is 5.13 Å². The minimum Gasteiger partial charge on any atom is -0.477 e. The van der Waals surface area contributed by atoms with E-state index in [0.717, 1.165) is 28.0 Å². The summed E-state index contributed by atoms with van der Waals surface area (Å²) in [6, 6.07) is -1.57. The average molecular weight is 487 g/mol. The van der Waals surface area contributed by atoms with Gasteiger partial charge in [0, 0.05) is 22.1 Å². The molecule has 0 aromatic carbocycles. The number of carbonyl (C=O) groups is 3. The lowest BCUT2D eigenvalue weighted by Crippen LogP contribution is -2.71. The molecule has 3 atom stereocenters. The van der Waals surface area contributed by atoms with Crippen LogP contribution >= 0.6 is 34.9 Å². The Bertz CT molecular complexity index is 992. The number of carboxylic acid groups (broad SMARTS) is 1. The molecule has 3 rings (SSSR count). The van der Waals surface area contributed by atoms with Gasteiger partial charge in [0.05, 0.1) is 6.61 Å². The Morgan fingerprint density at radius 1 is 1.52 bits per heavy atom. The summed E-state index contributed by atoms with van der Waals surface area (Å²) >= 11 is 3.42. The van der Waals surface area contributed by atoms with Gasteiger partial charge in [-0.1, -0.05) is 23.0 Å². The number of nitrogen functional groups attached to an aromatic ring is 1. The topological polar surface area (TPSA) is 204 Å². The van der Waals surface area contributed by atoms with Gasteiger partial charge in [-0.05, 0) is 5.41 Å².